The Bertz CT molecular complexity index is 1300. The number of halogens is 3. The minimum atomic E-state index is -1.04. The zero-order valence-corrected chi connectivity index (χ0v) is 16.4. The van der Waals surface area contributed by atoms with E-state index in [2.05, 4.69) is 20.2 Å². The van der Waals surface area contributed by atoms with Crippen molar-refractivity contribution < 1.29 is 18.0 Å². The number of carbonyl (C=O) groups is 1. The number of hydrogen-bond donors (Lipinski definition) is 1. The lowest BCUT2D eigenvalue weighted by atomic mass is 9.97. The Hall–Kier alpha value is -3.69. The maximum atomic E-state index is 14.2. The highest BCUT2D eigenvalue weighted by Gasteiger charge is 2.44. The first-order valence-corrected chi connectivity index (χ1v) is 9.71. The molecule has 158 valence electrons. The number of carbonyl (C=O) groups excluding carboxylic acids is 1. The summed E-state index contributed by atoms with van der Waals surface area (Å²) in [4.78, 5) is 23.7. The van der Waals surface area contributed by atoms with E-state index < -0.39 is 28.9 Å². The molecule has 5 rings (SSSR count). The van der Waals surface area contributed by atoms with Gasteiger partial charge in [-0.2, -0.15) is 15.0 Å². The van der Waals surface area contributed by atoms with Crippen molar-refractivity contribution in [3.8, 4) is 5.69 Å². The van der Waals surface area contributed by atoms with E-state index in [4.69, 9.17) is 0 Å². The summed E-state index contributed by atoms with van der Waals surface area (Å²) in [6, 6.07) is 6.25. The first-order valence-electron chi connectivity index (χ1n) is 9.71. The topological polar surface area (TPSA) is 79.7 Å². The van der Waals surface area contributed by atoms with Gasteiger partial charge in [0.2, 0.25) is 0 Å². The fourth-order valence-electron chi connectivity index (χ4n) is 4.15. The van der Waals surface area contributed by atoms with Crippen LogP contribution in [0.15, 0.2) is 42.7 Å². The minimum absolute atomic E-state index is 0.0951. The Morgan fingerprint density at radius 3 is 2.68 bits per heavy atom. The molecule has 1 amide bonds. The third-order valence-electron chi connectivity index (χ3n) is 5.77. The van der Waals surface area contributed by atoms with E-state index in [0.717, 1.165) is 12.1 Å². The van der Waals surface area contributed by atoms with Gasteiger partial charge < -0.3 is 9.88 Å². The number of imidazole rings is 1. The van der Waals surface area contributed by atoms with Crippen LogP contribution in [0.1, 0.15) is 35.9 Å². The number of aromatic nitrogens is 5. The maximum Gasteiger partial charge on any atom is 0.257 e. The molecule has 4 aromatic rings. The number of rotatable bonds is 3. The van der Waals surface area contributed by atoms with Crippen molar-refractivity contribution in [2.45, 2.75) is 25.3 Å². The summed E-state index contributed by atoms with van der Waals surface area (Å²) in [5.74, 6) is -2.70. The second-order valence-corrected chi connectivity index (χ2v) is 7.66. The van der Waals surface area contributed by atoms with Crippen LogP contribution in [-0.2, 0) is 5.54 Å². The molecule has 1 aliphatic rings. The Morgan fingerprint density at radius 1 is 1.13 bits per heavy atom. The van der Waals surface area contributed by atoms with Gasteiger partial charge in [0.1, 0.15) is 17.2 Å². The number of H-pyrrole nitrogens is 1. The highest BCUT2D eigenvalue weighted by Crippen LogP contribution is 2.39. The van der Waals surface area contributed by atoms with Gasteiger partial charge in [0.25, 0.3) is 5.91 Å². The molecule has 2 aromatic heterocycles. The molecule has 0 saturated carbocycles. The quantitative estimate of drug-likeness (QED) is 0.542. The Balaban J connectivity index is 1.59. The summed E-state index contributed by atoms with van der Waals surface area (Å²) in [7, 11) is 0. The number of aromatic amines is 1. The average Bonchev–Trinajstić information content (AvgIpc) is 3.50. The van der Waals surface area contributed by atoms with Crippen molar-refractivity contribution in [3.05, 3.63) is 71.6 Å². The lowest BCUT2D eigenvalue weighted by Crippen LogP contribution is -2.44. The van der Waals surface area contributed by atoms with Crippen molar-refractivity contribution in [1.82, 2.24) is 29.9 Å². The van der Waals surface area contributed by atoms with Gasteiger partial charge in [-0.05, 0) is 50.1 Å². The number of amides is 1. The summed E-state index contributed by atoms with van der Waals surface area (Å²) in [6.07, 6.45) is 4.13. The van der Waals surface area contributed by atoms with Crippen LogP contribution in [-0.4, -0.2) is 42.3 Å². The van der Waals surface area contributed by atoms with Gasteiger partial charge >= 0.3 is 0 Å². The van der Waals surface area contributed by atoms with Crippen molar-refractivity contribution in [1.29, 1.82) is 0 Å². The number of benzene rings is 2. The van der Waals surface area contributed by atoms with Crippen molar-refractivity contribution in [3.63, 3.8) is 0 Å². The van der Waals surface area contributed by atoms with Crippen LogP contribution >= 0.6 is 0 Å². The Kier molecular flexibility index (Phi) is 4.31. The molecule has 1 unspecified atom stereocenters. The minimum Gasteiger partial charge on any atom is -0.340 e. The van der Waals surface area contributed by atoms with Crippen LogP contribution in [0.5, 0.6) is 0 Å². The number of fused-ring (bicyclic) bond motifs is 1. The molecule has 1 aliphatic heterocycles. The largest absolute Gasteiger partial charge is 0.340 e. The van der Waals surface area contributed by atoms with E-state index in [1.54, 1.807) is 11.8 Å². The molecule has 10 heteroatoms. The first kappa shape index (κ1) is 19.3. The smallest absolute Gasteiger partial charge is 0.257 e. The van der Waals surface area contributed by atoms with Crippen LogP contribution in [0.2, 0.25) is 0 Å². The summed E-state index contributed by atoms with van der Waals surface area (Å²) in [5, 5.41) is 8.09. The number of hydrogen-bond acceptors (Lipinski definition) is 4. The molecular formula is C21H17F3N6O. The van der Waals surface area contributed by atoms with E-state index >= 15 is 0 Å². The Morgan fingerprint density at radius 2 is 1.90 bits per heavy atom. The highest BCUT2D eigenvalue weighted by atomic mass is 19.2. The molecular weight excluding hydrogens is 409 g/mol. The van der Waals surface area contributed by atoms with Gasteiger partial charge in [0.15, 0.2) is 11.6 Å². The lowest BCUT2D eigenvalue weighted by Gasteiger charge is -2.34. The standard InChI is InChI=1S/C21H17F3N6O/c1-21(20-27-15-5-4-14(23)17(24)18(15)28-20)7-2-10-29(21)19(31)13-11-12(22)3-6-16(13)30-25-8-9-26-30/h3-6,8-9,11H,2,7,10H2,1H3,(H,27,28). The summed E-state index contributed by atoms with van der Waals surface area (Å²) < 4.78 is 41.9. The van der Waals surface area contributed by atoms with E-state index in [1.807, 2.05) is 0 Å². The van der Waals surface area contributed by atoms with Gasteiger partial charge in [0, 0.05) is 6.54 Å². The van der Waals surface area contributed by atoms with E-state index in [-0.39, 0.29) is 11.1 Å². The van der Waals surface area contributed by atoms with Gasteiger partial charge in [-0.3, -0.25) is 4.79 Å². The van der Waals surface area contributed by atoms with Crippen LogP contribution in [0.3, 0.4) is 0 Å². The number of nitrogens with zero attached hydrogens (tertiary/aromatic N) is 5. The van der Waals surface area contributed by atoms with Crippen molar-refractivity contribution in [2.24, 2.45) is 0 Å². The van der Waals surface area contributed by atoms with Crippen LogP contribution < -0.4 is 0 Å². The molecule has 1 fully saturated rings. The monoisotopic (exact) mass is 426 g/mol. The predicted octanol–water partition coefficient (Wildman–Crippen LogP) is 3.71. The molecule has 1 N–H and O–H groups in total. The fourth-order valence-corrected chi connectivity index (χ4v) is 4.15. The molecule has 1 saturated heterocycles. The summed E-state index contributed by atoms with van der Waals surface area (Å²) in [5.41, 5.74) is -0.273. The number of likely N-dealkylation sites (tertiary alicyclic amines) is 1. The van der Waals surface area contributed by atoms with E-state index in [1.165, 1.54) is 35.4 Å². The van der Waals surface area contributed by atoms with Crippen LogP contribution in [0, 0.1) is 17.5 Å². The average molecular weight is 426 g/mol. The fraction of sp³-hybridized carbons (Fsp3) is 0.238. The molecule has 31 heavy (non-hydrogen) atoms. The normalized spacial score (nSPS) is 18.8. The van der Waals surface area contributed by atoms with Gasteiger partial charge in [0.05, 0.1) is 34.7 Å². The zero-order chi connectivity index (χ0) is 21.8. The maximum absolute atomic E-state index is 14.2. The van der Waals surface area contributed by atoms with Gasteiger partial charge in [-0.15, -0.1) is 0 Å². The van der Waals surface area contributed by atoms with E-state index in [0.29, 0.717) is 36.4 Å². The molecule has 7 nitrogen and oxygen atoms in total. The summed E-state index contributed by atoms with van der Waals surface area (Å²) in [6.45, 7) is 2.20. The molecule has 0 spiro atoms. The van der Waals surface area contributed by atoms with E-state index in [9.17, 15) is 18.0 Å². The third kappa shape index (κ3) is 2.97. The Labute approximate surface area is 174 Å². The third-order valence-corrected chi connectivity index (χ3v) is 5.77. The second-order valence-electron chi connectivity index (χ2n) is 7.66. The molecule has 0 bridgehead atoms. The predicted molar refractivity (Wildman–Crippen MR) is 105 cm³/mol. The highest BCUT2D eigenvalue weighted by molar-refractivity contribution is 5.98. The van der Waals surface area contributed by atoms with Crippen LogP contribution in [0.25, 0.3) is 16.7 Å². The van der Waals surface area contributed by atoms with Crippen LogP contribution in [0.4, 0.5) is 13.2 Å². The zero-order valence-electron chi connectivity index (χ0n) is 16.4. The SMILES string of the molecule is CC1(c2nc3c(F)c(F)ccc3[nH]2)CCCN1C(=O)c1cc(F)ccc1-n1nccn1. The molecule has 0 aliphatic carbocycles. The first-order chi connectivity index (χ1) is 14.9. The molecule has 0 radical (unpaired) electrons. The second kappa shape index (κ2) is 6.93. The number of nitrogens with one attached hydrogen (secondary N) is 1. The summed E-state index contributed by atoms with van der Waals surface area (Å²) >= 11 is 0. The molecule has 3 heterocycles. The molecule has 1 atom stereocenters. The van der Waals surface area contributed by atoms with Crippen molar-refractivity contribution in [2.75, 3.05) is 6.54 Å². The lowest BCUT2D eigenvalue weighted by molar-refractivity contribution is 0.0605. The van der Waals surface area contributed by atoms with Gasteiger partial charge in [-0.25, -0.2) is 18.2 Å². The van der Waals surface area contributed by atoms with Crippen molar-refractivity contribution >= 4 is 16.9 Å². The molecule has 2 aromatic carbocycles. The van der Waals surface area contributed by atoms with Gasteiger partial charge in [-0.1, -0.05) is 0 Å².